The summed E-state index contributed by atoms with van der Waals surface area (Å²) in [6.45, 7) is 1.95. The van der Waals surface area contributed by atoms with Crippen LogP contribution < -0.4 is 11.3 Å². The first-order valence-electron chi connectivity index (χ1n) is 3.23. The van der Waals surface area contributed by atoms with Crippen molar-refractivity contribution in [3.05, 3.63) is 32.7 Å². The van der Waals surface area contributed by atoms with Gasteiger partial charge in [0.2, 0.25) is 0 Å². The van der Waals surface area contributed by atoms with E-state index >= 15 is 0 Å². The minimum atomic E-state index is -0.197. The van der Waals surface area contributed by atoms with Gasteiger partial charge in [-0.05, 0) is 13.0 Å². The van der Waals surface area contributed by atoms with Crippen molar-refractivity contribution in [3.63, 3.8) is 0 Å². The summed E-state index contributed by atoms with van der Waals surface area (Å²) in [6.07, 6.45) is 0. The van der Waals surface area contributed by atoms with E-state index in [2.05, 4.69) is 4.98 Å². The number of nitrogens with one attached hydrogen (secondary N) is 1. The smallest absolute Gasteiger partial charge is 0.254 e. The maximum Gasteiger partial charge on any atom is 0.254 e. The average Bonchev–Trinajstić information content (AvgIpc) is 1.85. The number of hydrogen-bond donors (Lipinski definition) is 2. The number of halogens is 1. The fourth-order valence-corrected chi connectivity index (χ4v) is 1.19. The zero-order valence-electron chi connectivity index (χ0n) is 6.15. The van der Waals surface area contributed by atoms with Crippen molar-refractivity contribution in [1.82, 2.24) is 4.98 Å². The van der Waals surface area contributed by atoms with E-state index in [9.17, 15) is 4.79 Å². The Hall–Kier alpha value is -0.800. The SMILES string of the molecule is Cc1cc(Cl)c(CN)c(=O)[nH]1. The molecule has 0 unspecified atom stereocenters. The zero-order chi connectivity index (χ0) is 8.43. The Kier molecular flexibility index (Phi) is 2.31. The number of hydrogen-bond acceptors (Lipinski definition) is 2. The average molecular weight is 173 g/mol. The van der Waals surface area contributed by atoms with E-state index in [0.29, 0.717) is 10.6 Å². The Bertz CT molecular complexity index is 319. The molecule has 4 heteroatoms. The molecule has 1 heterocycles. The van der Waals surface area contributed by atoms with Gasteiger partial charge in [0.25, 0.3) is 5.56 Å². The van der Waals surface area contributed by atoms with Gasteiger partial charge in [-0.2, -0.15) is 0 Å². The summed E-state index contributed by atoms with van der Waals surface area (Å²) >= 11 is 5.73. The van der Waals surface area contributed by atoms with Gasteiger partial charge in [-0.1, -0.05) is 11.6 Å². The third kappa shape index (κ3) is 1.61. The zero-order valence-corrected chi connectivity index (χ0v) is 6.90. The molecule has 0 aliphatic heterocycles. The Balaban J connectivity index is 3.37. The fourth-order valence-electron chi connectivity index (χ4n) is 0.866. The van der Waals surface area contributed by atoms with Crippen molar-refractivity contribution >= 4 is 11.6 Å². The van der Waals surface area contributed by atoms with E-state index in [1.807, 2.05) is 0 Å². The van der Waals surface area contributed by atoms with Crippen molar-refractivity contribution in [3.8, 4) is 0 Å². The number of aryl methyl sites for hydroxylation is 1. The molecule has 0 radical (unpaired) electrons. The highest BCUT2D eigenvalue weighted by Gasteiger charge is 2.02. The molecule has 0 amide bonds. The summed E-state index contributed by atoms with van der Waals surface area (Å²) < 4.78 is 0. The standard InChI is InChI=1S/C7H9ClN2O/c1-4-2-6(8)5(3-9)7(11)10-4/h2H,3,9H2,1H3,(H,10,11). The molecule has 0 aliphatic carbocycles. The van der Waals surface area contributed by atoms with Crippen molar-refractivity contribution in [2.75, 3.05) is 0 Å². The molecular weight excluding hydrogens is 164 g/mol. The van der Waals surface area contributed by atoms with Gasteiger partial charge in [-0.3, -0.25) is 4.79 Å². The second-order valence-electron chi connectivity index (χ2n) is 2.31. The number of nitrogens with two attached hydrogens (primary N) is 1. The Morgan fingerprint density at radius 2 is 2.36 bits per heavy atom. The molecule has 3 N–H and O–H groups in total. The van der Waals surface area contributed by atoms with Gasteiger partial charge in [0, 0.05) is 17.8 Å². The molecule has 0 aromatic carbocycles. The van der Waals surface area contributed by atoms with Gasteiger partial charge in [-0.15, -0.1) is 0 Å². The van der Waals surface area contributed by atoms with Crippen LogP contribution in [0.25, 0.3) is 0 Å². The number of pyridine rings is 1. The molecule has 1 aromatic rings. The van der Waals surface area contributed by atoms with Crippen molar-refractivity contribution in [2.45, 2.75) is 13.5 Å². The molecule has 0 atom stereocenters. The van der Waals surface area contributed by atoms with Crippen LogP contribution in [0.3, 0.4) is 0 Å². The third-order valence-corrected chi connectivity index (χ3v) is 1.76. The summed E-state index contributed by atoms with van der Waals surface area (Å²) in [6, 6.07) is 1.69. The predicted molar refractivity (Wildman–Crippen MR) is 44.7 cm³/mol. The maximum absolute atomic E-state index is 11.1. The van der Waals surface area contributed by atoms with Gasteiger partial charge in [-0.25, -0.2) is 0 Å². The van der Waals surface area contributed by atoms with E-state index in [4.69, 9.17) is 17.3 Å². The molecule has 60 valence electrons. The van der Waals surface area contributed by atoms with Crippen molar-refractivity contribution in [1.29, 1.82) is 0 Å². The molecule has 11 heavy (non-hydrogen) atoms. The second-order valence-corrected chi connectivity index (χ2v) is 2.72. The summed E-state index contributed by atoms with van der Waals surface area (Å²) in [5.74, 6) is 0. The normalized spacial score (nSPS) is 10.1. The molecule has 1 aromatic heterocycles. The lowest BCUT2D eigenvalue weighted by Gasteiger charge is -1.99. The van der Waals surface area contributed by atoms with E-state index in [1.54, 1.807) is 13.0 Å². The van der Waals surface area contributed by atoms with E-state index in [0.717, 1.165) is 5.69 Å². The van der Waals surface area contributed by atoms with Crippen LogP contribution in [-0.4, -0.2) is 4.98 Å². The summed E-state index contributed by atoms with van der Waals surface area (Å²) in [4.78, 5) is 13.7. The topological polar surface area (TPSA) is 58.9 Å². The van der Waals surface area contributed by atoms with Crippen LogP contribution in [0.5, 0.6) is 0 Å². The highest BCUT2D eigenvalue weighted by molar-refractivity contribution is 6.31. The highest BCUT2D eigenvalue weighted by Crippen LogP contribution is 2.10. The van der Waals surface area contributed by atoms with Gasteiger partial charge in [0.1, 0.15) is 0 Å². The molecule has 0 bridgehead atoms. The number of aromatic nitrogens is 1. The number of rotatable bonds is 1. The Morgan fingerprint density at radius 3 is 2.82 bits per heavy atom. The maximum atomic E-state index is 11.1. The van der Waals surface area contributed by atoms with Gasteiger partial charge in [0.15, 0.2) is 0 Å². The lowest BCUT2D eigenvalue weighted by molar-refractivity contribution is 0.998. The lowest BCUT2D eigenvalue weighted by Crippen LogP contribution is -2.17. The molecular formula is C7H9ClN2O. The van der Waals surface area contributed by atoms with Gasteiger partial charge in [0.05, 0.1) is 5.02 Å². The van der Waals surface area contributed by atoms with E-state index < -0.39 is 0 Å². The van der Waals surface area contributed by atoms with Crippen LogP contribution >= 0.6 is 11.6 Å². The minimum absolute atomic E-state index is 0.175. The molecule has 0 aliphatic rings. The van der Waals surface area contributed by atoms with Crippen LogP contribution in [0.1, 0.15) is 11.3 Å². The molecule has 0 fully saturated rings. The summed E-state index contributed by atoms with van der Waals surface area (Å²) in [7, 11) is 0. The van der Waals surface area contributed by atoms with E-state index in [-0.39, 0.29) is 12.1 Å². The van der Waals surface area contributed by atoms with Crippen LogP contribution in [0, 0.1) is 6.92 Å². The highest BCUT2D eigenvalue weighted by atomic mass is 35.5. The quantitative estimate of drug-likeness (QED) is 0.658. The molecule has 0 saturated carbocycles. The molecule has 1 rings (SSSR count). The first kappa shape index (κ1) is 8.30. The van der Waals surface area contributed by atoms with Crippen molar-refractivity contribution in [2.24, 2.45) is 5.73 Å². The summed E-state index contributed by atoms with van der Waals surface area (Å²) in [5, 5.41) is 0.439. The van der Waals surface area contributed by atoms with Crippen LogP contribution in [0.2, 0.25) is 5.02 Å². The number of aromatic amines is 1. The largest absolute Gasteiger partial charge is 0.326 e. The first-order valence-corrected chi connectivity index (χ1v) is 3.61. The minimum Gasteiger partial charge on any atom is -0.326 e. The lowest BCUT2D eigenvalue weighted by atomic mass is 10.2. The van der Waals surface area contributed by atoms with Crippen LogP contribution in [-0.2, 0) is 6.54 Å². The second kappa shape index (κ2) is 3.07. The first-order chi connectivity index (χ1) is 5.15. The van der Waals surface area contributed by atoms with Crippen molar-refractivity contribution < 1.29 is 0 Å². The summed E-state index contributed by atoms with van der Waals surface area (Å²) in [5.41, 5.74) is 6.29. The fraction of sp³-hybridized carbons (Fsp3) is 0.286. The molecule has 0 saturated heterocycles. The Morgan fingerprint density at radius 1 is 1.73 bits per heavy atom. The predicted octanol–water partition coefficient (Wildman–Crippen LogP) is 0.795. The van der Waals surface area contributed by atoms with Crippen LogP contribution in [0.4, 0.5) is 0 Å². The van der Waals surface area contributed by atoms with Crippen LogP contribution in [0.15, 0.2) is 10.9 Å². The third-order valence-electron chi connectivity index (χ3n) is 1.42. The van der Waals surface area contributed by atoms with E-state index in [1.165, 1.54) is 0 Å². The van der Waals surface area contributed by atoms with Gasteiger partial charge < -0.3 is 10.7 Å². The monoisotopic (exact) mass is 172 g/mol. The number of H-pyrrole nitrogens is 1. The van der Waals surface area contributed by atoms with Gasteiger partial charge >= 0.3 is 0 Å². The molecule has 3 nitrogen and oxygen atoms in total. The Labute approximate surface area is 69.2 Å². The molecule has 0 spiro atoms.